The van der Waals surface area contributed by atoms with Crippen LogP contribution in [0.5, 0.6) is 0 Å². The molecule has 1 aliphatic heterocycles. The van der Waals surface area contributed by atoms with E-state index in [1.54, 1.807) is 0 Å². The van der Waals surface area contributed by atoms with Gasteiger partial charge in [-0.25, -0.2) is 0 Å². The number of piperazine rings is 1. The lowest BCUT2D eigenvalue weighted by atomic mass is 9.85. The number of hydrogen-bond donors (Lipinski definition) is 1. The Hall–Kier alpha value is -0.510. The molecule has 112 valence electrons. The Morgan fingerprint density at radius 3 is 2.65 bits per heavy atom. The van der Waals surface area contributed by atoms with E-state index in [1.807, 2.05) is 11.8 Å². The van der Waals surface area contributed by atoms with Crippen LogP contribution >= 0.6 is 11.8 Å². The lowest BCUT2D eigenvalue weighted by Crippen LogP contribution is -2.63. The molecule has 1 aromatic carbocycles. The van der Waals surface area contributed by atoms with Crippen LogP contribution < -0.4 is 5.32 Å². The van der Waals surface area contributed by atoms with Crippen LogP contribution in [-0.2, 0) is 5.54 Å². The van der Waals surface area contributed by atoms with Gasteiger partial charge in [0.25, 0.3) is 0 Å². The van der Waals surface area contributed by atoms with Crippen LogP contribution in [0.1, 0.15) is 26.3 Å². The van der Waals surface area contributed by atoms with Crippen molar-refractivity contribution in [2.45, 2.75) is 32.4 Å². The van der Waals surface area contributed by atoms with Gasteiger partial charge in [0.2, 0.25) is 0 Å². The summed E-state index contributed by atoms with van der Waals surface area (Å²) in [5.41, 5.74) is 1.54. The van der Waals surface area contributed by atoms with E-state index in [0.29, 0.717) is 12.0 Å². The second kappa shape index (κ2) is 6.97. The van der Waals surface area contributed by atoms with E-state index < -0.39 is 0 Å². The van der Waals surface area contributed by atoms with Gasteiger partial charge < -0.3 is 5.32 Å². The maximum absolute atomic E-state index is 3.77. The molecule has 1 heterocycles. The summed E-state index contributed by atoms with van der Waals surface area (Å²) in [7, 11) is 0. The van der Waals surface area contributed by atoms with Crippen molar-refractivity contribution in [2.75, 3.05) is 31.6 Å². The summed E-state index contributed by atoms with van der Waals surface area (Å²) in [6, 6.07) is 11.6. The molecule has 1 aromatic rings. The van der Waals surface area contributed by atoms with Crippen LogP contribution in [0, 0.1) is 5.92 Å². The molecule has 20 heavy (non-hydrogen) atoms. The Morgan fingerprint density at radius 1 is 1.35 bits per heavy atom. The van der Waals surface area contributed by atoms with Gasteiger partial charge in [-0.3, -0.25) is 4.90 Å². The molecule has 2 rings (SSSR count). The highest BCUT2D eigenvalue weighted by atomic mass is 32.2. The van der Waals surface area contributed by atoms with Gasteiger partial charge >= 0.3 is 0 Å². The van der Waals surface area contributed by atoms with Gasteiger partial charge in [-0.2, -0.15) is 11.8 Å². The quantitative estimate of drug-likeness (QED) is 0.897. The first-order valence-corrected chi connectivity index (χ1v) is 9.00. The van der Waals surface area contributed by atoms with Gasteiger partial charge in [0.1, 0.15) is 0 Å². The first kappa shape index (κ1) is 15.9. The number of thioether (sulfide) groups is 1. The maximum Gasteiger partial charge on any atom is 0.0558 e. The lowest BCUT2D eigenvalue weighted by molar-refractivity contribution is 0.0451. The van der Waals surface area contributed by atoms with Crippen LogP contribution in [0.15, 0.2) is 30.3 Å². The summed E-state index contributed by atoms with van der Waals surface area (Å²) in [5, 5.41) is 3.77. The molecule has 0 saturated carbocycles. The molecule has 0 aromatic heterocycles. The standard InChI is InChI=1S/C17H28N2S/c1-14(2)16-12-19(10-11-20-4)17(3,13-18-16)15-8-6-5-7-9-15/h5-9,14,16,18H,10-13H2,1-4H3. The zero-order valence-electron chi connectivity index (χ0n) is 13.2. The largest absolute Gasteiger partial charge is 0.310 e. The number of hydrogen-bond acceptors (Lipinski definition) is 3. The van der Waals surface area contributed by atoms with Gasteiger partial charge in [-0.15, -0.1) is 0 Å². The average Bonchev–Trinajstić information content (AvgIpc) is 2.47. The Kier molecular flexibility index (Phi) is 5.53. The van der Waals surface area contributed by atoms with Crippen LogP contribution in [0.4, 0.5) is 0 Å². The Balaban J connectivity index is 2.21. The average molecular weight is 292 g/mol. The number of nitrogens with zero attached hydrogens (tertiary/aromatic N) is 1. The molecular formula is C17H28N2S. The molecule has 2 nitrogen and oxygen atoms in total. The predicted octanol–water partition coefficient (Wildman–Crippen LogP) is 3.19. The molecule has 0 spiro atoms. The summed E-state index contributed by atoms with van der Waals surface area (Å²) in [4.78, 5) is 2.68. The monoisotopic (exact) mass is 292 g/mol. The molecule has 1 fully saturated rings. The Morgan fingerprint density at radius 2 is 2.05 bits per heavy atom. The van der Waals surface area contributed by atoms with Crippen molar-refractivity contribution in [1.29, 1.82) is 0 Å². The Bertz CT molecular complexity index is 407. The molecule has 0 radical (unpaired) electrons. The van der Waals surface area contributed by atoms with Crippen molar-refractivity contribution in [3.05, 3.63) is 35.9 Å². The van der Waals surface area contributed by atoms with Crippen molar-refractivity contribution < 1.29 is 0 Å². The van der Waals surface area contributed by atoms with Crippen molar-refractivity contribution in [1.82, 2.24) is 10.2 Å². The van der Waals surface area contributed by atoms with E-state index in [0.717, 1.165) is 19.6 Å². The molecule has 1 N–H and O–H groups in total. The molecule has 0 bridgehead atoms. The molecule has 0 aliphatic carbocycles. The minimum absolute atomic E-state index is 0.113. The third-order valence-corrected chi connectivity index (χ3v) is 5.18. The molecule has 1 aliphatic rings. The van der Waals surface area contributed by atoms with Gasteiger partial charge in [-0.05, 0) is 24.7 Å². The molecular weight excluding hydrogens is 264 g/mol. The summed E-state index contributed by atoms with van der Waals surface area (Å²) in [6.45, 7) is 10.4. The summed E-state index contributed by atoms with van der Waals surface area (Å²) >= 11 is 1.94. The number of nitrogens with one attached hydrogen (secondary N) is 1. The van der Waals surface area contributed by atoms with E-state index in [-0.39, 0.29) is 5.54 Å². The van der Waals surface area contributed by atoms with E-state index in [2.05, 4.69) is 67.6 Å². The first-order valence-electron chi connectivity index (χ1n) is 7.61. The molecule has 0 amide bonds. The normalized spacial score (nSPS) is 27.9. The fraction of sp³-hybridized carbons (Fsp3) is 0.647. The topological polar surface area (TPSA) is 15.3 Å². The predicted molar refractivity (Wildman–Crippen MR) is 90.4 cm³/mol. The van der Waals surface area contributed by atoms with Crippen molar-refractivity contribution in [2.24, 2.45) is 5.92 Å². The highest BCUT2D eigenvalue weighted by Crippen LogP contribution is 2.31. The van der Waals surface area contributed by atoms with Gasteiger partial charge in [-0.1, -0.05) is 44.2 Å². The summed E-state index contributed by atoms with van der Waals surface area (Å²) in [6.07, 6.45) is 2.20. The molecule has 2 atom stereocenters. The van der Waals surface area contributed by atoms with E-state index in [1.165, 1.54) is 11.3 Å². The minimum atomic E-state index is 0.113. The zero-order valence-corrected chi connectivity index (χ0v) is 14.0. The van der Waals surface area contributed by atoms with Crippen molar-refractivity contribution in [3.63, 3.8) is 0 Å². The second-order valence-electron chi connectivity index (χ2n) is 6.31. The number of benzene rings is 1. The van der Waals surface area contributed by atoms with Gasteiger partial charge in [0, 0.05) is 31.4 Å². The van der Waals surface area contributed by atoms with Crippen LogP contribution in [0.25, 0.3) is 0 Å². The van der Waals surface area contributed by atoms with E-state index in [9.17, 15) is 0 Å². The van der Waals surface area contributed by atoms with Crippen LogP contribution in [0.2, 0.25) is 0 Å². The van der Waals surface area contributed by atoms with E-state index >= 15 is 0 Å². The highest BCUT2D eigenvalue weighted by molar-refractivity contribution is 7.98. The lowest BCUT2D eigenvalue weighted by Gasteiger charge is -2.49. The first-order chi connectivity index (χ1) is 9.58. The zero-order chi connectivity index (χ0) is 14.6. The summed E-state index contributed by atoms with van der Waals surface area (Å²) in [5.74, 6) is 1.89. The number of rotatable bonds is 5. The van der Waals surface area contributed by atoms with Crippen molar-refractivity contribution >= 4 is 11.8 Å². The second-order valence-corrected chi connectivity index (χ2v) is 7.30. The smallest absolute Gasteiger partial charge is 0.0558 e. The highest BCUT2D eigenvalue weighted by Gasteiger charge is 2.39. The molecule has 1 saturated heterocycles. The fourth-order valence-electron chi connectivity index (χ4n) is 3.01. The third kappa shape index (κ3) is 3.38. The molecule has 2 unspecified atom stereocenters. The van der Waals surface area contributed by atoms with Gasteiger partial charge in [0.15, 0.2) is 0 Å². The Labute approximate surface area is 128 Å². The van der Waals surface area contributed by atoms with Crippen LogP contribution in [0.3, 0.4) is 0 Å². The minimum Gasteiger partial charge on any atom is -0.310 e. The summed E-state index contributed by atoms with van der Waals surface area (Å²) < 4.78 is 0. The third-order valence-electron chi connectivity index (χ3n) is 4.59. The molecule has 3 heteroatoms. The van der Waals surface area contributed by atoms with E-state index in [4.69, 9.17) is 0 Å². The van der Waals surface area contributed by atoms with Gasteiger partial charge in [0.05, 0.1) is 5.54 Å². The maximum atomic E-state index is 3.77. The van der Waals surface area contributed by atoms with Crippen LogP contribution in [-0.4, -0.2) is 42.6 Å². The van der Waals surface area contributed by atoms with Crippen molar-refractivity contribution in [3.8, 4) is 0 Å². The fourth-order valence-corrected chi connectivity index (χ4v) is 3.42. The SMILES string of the molecule is CSCCN1CC(C(C)C)NCC1(C)c1ccccc1.